The second kappa shape index (κ2) is 6.69. The maximum Gasteiger partial charge on any atom is 0.167 e. The number of hydrogen-bond acceptors (Lipinski definition) is 2. The number of carbonyl (C=O) groups excluding carboxylic acids is 1. The number of benzene rings is 1. The summed E-state index contributed by atoms with van der Waals surface area (Å²) in [6.07, 6.45) is 4.68. The zero-order valence-electron chi connectivity index (χ0n) is 10.5. The van der Waals surface area contributed by atoms with Crippen molar-refractivity contribution in [1.29, 1.82) is 0 Å². The molecule has 1 atom stereocenters. The first-order chi connectivity index (χ1) is 9.09. The third-order valence-electron chi connectivity index (χ3n) is 3.42. The SMILES string of the molecule is O=C(CC1CCCCCN1)c1c(Cl)ccc(F)c1Cl. The second-order valence-electron chi connectivity index (χ2n) is 4.85. The molecule has 0 amide bonds. The molecule has 5 heteroatoms. The Bertz CT molecular complexity index is 471. The molecule has 1 aliphatic heterocycles. The van der Waals surface area contributed by atoms with Crippen LogP contribution in [0.1, 0.15) is 42.5 Å². The van der Waals surface area contributed by atoms with E-state index in [2.05, 4.69) is 5.32 Å². The molecule has 1 saturated heterocycles. The topological polar surface area (TPSA) is 29.1 Å². The molecule has 1 aromatic rings. The monoisotopic (exact) mass is 303 g/mol. The Morgan fingerprint density at radius 2 is 2.11 bits per heavy atom. The van der Waals surface area contributed by atoms with Crippen LogP contribution in [-0.2, 0) is 0 Å². The molecule has 0 saturated carbocycles. The lowest BCUT2D eigenvalue weighted by Gasteiger charge is -2.15. The highest BCUT2D eigenvalue weighted by Gasteiger charge is 2.22. The minimum atomic E-state index is -0.608. The van der Waals surface area contributed by atoms with Gasteiger partial charge >= 0.3 is 0 Å². The fourth-order valence-electron chi connectivity index (χ4n) is 2.38. The van der Waals surface area contributed by atoms with Crippen LogP contribution in [0.15, 0.2) is 12.1 Å². The van der Waals surface area contributed by atoms with E-state index in [9.17, 15) is 9.18 Å². The Labute approximate surface area is 122 Å². The van der Waals surface area contributed by atoms with Gasteiger partial charge < -0.3 is 5.32 Å². The fourth-order valence-corrected chi connectivity index (χ4v) is 2.96. The van der Waals surface area contributed by atoms with Gasteiger partial charge in [0.1, 0.15) is 5.82 Å². The number of halogens is 3. The van der Waals surface area contributed by atoms with Gasteiger partial charge in [-0.3, -0.25) is 4.79 Å². The Morgan fingerprint density at radius 3 is 2.89 bits per heavy atom. The molecule has 0 bridgehead atoms. The van der Waals surface area contributed by atoms with Crippen LogP contribution < -0.4 is 5.32 Å². The molecule has 1 aliphatic rings. The highest BCUT2D eigenvalue weighted by Crippen LogP contribution is 2.29. The van der Waals surface area contributed by atoms with Crippen molar-refractivity contribution in [2.75, 3.05) is 6.54 Å². The summed E-state index contributed by atoms with van der Waals surface area (Å²) < 4.78 is 13.4. The molecular weight excluding hydrogens is 288 g/mol. The standard InChI is InChI=1S/C14H16Cl2FNO/c15-10-5-6-11(17)14(16)13(10)12(19)8-9-4-2-1-3-7-18-9/h5-6,9,18H,1-4,7-8H2. The molecule has 1 unspecified atom stereocenters. The van der Waals surface area contributed by atoms with E-state index in [1.807, 2.05) is 0 Å². The molecule has 104 valence electrons. The van der Waals surface area contributed by atoms with E-state index in [0.717, 1.165) is 25.8 Å². The zero-order chi connectivity index (χ0) is 13.8. The summed E-state index contributed by atoms with van der Waals surface area (Å²) in [5, 5.41) is 3.37. The van der Waals surface area contributed by atoms with Crippen molar-refractivity contribution in [2.45, 2.75) is 38.1 Å². The molecule has 2 nitrogen and oxygen atoms in total. The van der Waals surface area contributed by atoms with Crippen LogP contribution in [0.25, 0.3) is 0 Å². The number of rotatable bonds is 3. The van der Waals surface area contributed by atoms with Crippen LogP contribution in [-0.4, -0.2) is 18.4 Å². The van der Waals surface area contributed by atoms with Crippen LogP contribution in [0.2, 0.25) is 10.0 Å². The van der Waals surface area contributed by atoms with Crippen molar-refractivity contribution in [2.24, 2.45) is 0 Å². The maximum atomic E-state index is 13.4. The third kappa shape index (κ3) is 3.68. The molecule has 1 heterocycles. The molecule has 2 rings (SSSR count). The van der Waals surface area contributed by atoms with E-state index in [0.29, 0.717) is 6.42 Å². The van der Waals surface area contributed by atoms with E-state index in [-0.39, 0.29) is 27.4 Å². The average Bonchev–Trinajstić information content (AvgIpc) is 2.63. The van der Waals surface area contributed by atoms with Gasteiger partial charge in [-0.2, -0.15) is 0 Å². The molecule has 1 N–H and O–H groups in total. The quantitative estimate of drug-likeness (QED) is 0.668. The summed E-state index contributed by atoms with van der Waals surface area (Å²) in [5.74, 6) is -0.808. The Morgan fingerprint density at radius 1 is 1.32 bits per heavy atom. The van der Waals surface area contributed by atoms with E-state index in [1.54, 1.807) is 0 Å². The van der Waals surface area contributed by atoms with Gasteiger partial charge in [0.25, 0.3) is 0 Å². The summed E-state index contributed by atoms with van der Waals surface area (Å²) in [6, 6.07) is 2.67. The van der Waals surface area contributed by atoms with Gasteiger partial charge in [0, 0.05) is 12.5 Å². The van der Waals surface area contributed by atoms with Crippen molar-refractivity contribution < 1.29 is 9.18 Å². The smallest absolute Gasteiger partial charge is 0.167 e. The number of hydrogen-bond donors (Lipinski definition) is 1. The minimum Gasteiger partial charge on any atom is -0.314 e. The van der Waals surface area contributed by atoms with Crippen molar-refractivity contribution in [3.8, 4) is 0 Å². The predicted molar refractivity (Wildman–Crippen MR) is 75.6 cm³/mol. The third-order valence-corrected chi connectivity index (χ3v) is 4.10. The first-order valence-corrected chi connectivity index (χ1v) is 7.25. The van der Waals surface area contributed by atoms with Crippen LogP contribution in [0.3, 0.4) is 0 Å². The molecule has 0 spiro atoms. The largest absolute Gasteiger partial charge is 0.314 e. The highest BCUT2D eigenvalue weighted by molar-refractivity contribution is 6.39. The lowest BCUT2D eigenvalue weighted by Crippen LogP contribution is -2.30. The number of nitrogens with one attached hydrogen (secondary N) is 1. The van der Waals surface area contributed by atoms with Crippen molar-refractivity contribution >= 4 is 29.0 Å². The van der Waals surface area contributed by atoms with Gasteiger partial charge in [0.15, 0.2) is 5.78 Å². The van der Waals surface area contributed by atoms with Gasteiger partial charge in [-0.15, -0.1) is 0 Å². The summed E-state index contributed by atoms with van der Waals surface area (Å²) >= 11 is 11.8. The lowest BCUT2D eigenvalue weighted by atomic mass is 10.0. The maximum absolute atomic E-state index is 13.4. The number of ketones is 1. The van der Waals surface area contributed by atoms with Crippen molar-refractivity contribution in [3.63, 3.8) is 0 Å². The van der Waals surface area contributed by atoms with Crippen molar-refractivity contribution in [1.82, 2.24) is 5.32 Å². The molecule has 19 heavy (non-hydrogen) atoms. The first-order valence-electron chi connectivity index (χ1n) is 6.49. The molecule has 0 aromatic heterocycles. The van der Waals surface area contributed by atoms with E-state index >= 15 is 0 Å². The predicted octanol–water partition coefficient (Wildman–Crippen LogP) is 4.24. The number of carbonyl (C=O) groups is 1. The molecule has 0 radical (unpaired) electrons. The lowest BCUT2D eigenvalue weighted by molar-refractivity contribution is 0.0968. The molecule has 0 aliphatic carbocycles. The summed E-state index contributed by atoms with van der Waals surface area (Å²) in [4.78, 5) is 12.2. The summed E-state index contributed by atoms with van der Waals surface area (Å²) in [7, 11) is 0. The normalized spacial score (nSPS) is 20.1. The van der Waals surface area contributed by atoms with Gasteiger partial charge in [0.2, 0.25) is 0 Å². The van der Waals surface area contributed by atoms with Crippen LogP contribution in [0.5, 0.6) is 0 Å². The Hall–Kier alpha value is -0.640. The number of Topliss-reactive ketones (excluding diaryl/α,β-unsaturated/α-hetero) is 1. The summed E-state index contributed by atoms with van der Waals surface area (Å²) in [5.41, 5.74) is 0.106. The van der Waals surface area contributed by atoms with Gasteiger partial charge in [0.05, 0.1) is 15.6 Å². The molecular formula is C14H16Cl2FNO. The van der Waals surface area contributed by atoms with Crippen molar-refractivity contribution in [3.05, 3.63) is 33.6 Å². The highest BCUT2D eigenvalue weighted by atomic mass is 35.5. The first kappa shape index (κ1) is 14.8. The fraction of sp³-hybridized carbons (Fsp3) is 0.500. The van der Waals surface area contributed by atoms with E-state index < -0.39 is 5.82 Å². The Kier molecular flexibility index (Phi) is 5.20. The van der Waals surface area contributed by atoms with Crippen LogP contribution in [0.4, 0.5) is 4.39 Å². The Balaban J connectivity index is 2.13. The van der Waals surface area contributed by atoms with Gasteiger partial charge in [-0.1, -0.05) is 36.0 Å². The van der Waals surface area contributed by atoms with Gasteiger partial charge in [-0.25, -0.2) is 4.39 Å². The van der Waals surface area contributed by atoms with Crippen LogP contribution in [0, 0.1) is 5.82 Å². The summed E-state index contributed by atoms with van der Waals surface area (Å²) in [6.45, 7) is 0.919. The molecule has 1 fully saturated rings. The molecule has 1 aromatic carbocycles. The average molecular weight is 304 g/mol. The van der Waals surface area contributed by atoms with Gasteiger partial charge in [-0.05, 0) is 31.5 Å². The zero-order valence-corrected chi connectivity index (χ0v) is 12.0. The minimum absolute atomic E-state index is 0.106. The van der Waals surface area contributed by atoms with E-state index in [4.69, 9.17) is 23.2 Å². The van der Waals surface area contributed by atoms with E-state index in [1.165, 1.54) is 18.6 Å². The van der Waals surface area contributed by atoms with Crippen LogP contribution >= 0.6 is 23.2 Å². The second-order valence-corrected chi connectivity index (χ2v) is 5.63.